The van der Waals surface area contributed by atoms with Crippen molar-refractivity contribution in [3.8, 4) is 0 Å². The Bertz CT molecular complexity index is 3090. The summed E-state index contributed by atoms with van der Waals surface area (Å²) in [5.74, 6) is 2.29. The van der Waals surface area contributed by atoms with E-state index in [-0.39, 0.29) is 12.0 Å². The average molecular weight is 1310 g/mol. The molecule has 1 N–H and O–H groups in total. The number of carbonyl (C=O) groups is 4. The first kappa shape index (κ1) is 76.6. The maximum Gasteiger partial charge on any atom is 0.446 e. The summed E-state index contributed by atoms with van der Waals surface area (Å²) in [6, 6.07) is 63.2. The van der Waals surface area contributed by atoms with E-state index in [9.17, 15) is 27.6 Å². The number of aldehydes is 1. The lowest BCUT2D eigenvalue weighted by atomic mass is 9.91. The minimum absolute atomic E-state index is 0.211. The molecule has 16 heteroatoms. The molecule has 91 heavy (non-hydrogen) atoms. The van der Waals surface area contributed by atoms with Crippen molar-refractivity contribution in [2.45, 2.75) is 111 Å². The van der Waals surface area contributed by atoms with Crippen molar-refractivity contribution in [1.29, 1.82) is 0 Å². The highest BCUT2D eigenvalue weighted by Crippen LogP contribution is 2.28. The Kier molecular flexibility index (Phi) is 36.3. The molecule has 4 aliphatic heterocycles. The molecule has 6 aromatic carbocycles. The number of nitrogens with one attached hydrogen (secondary N) is 1. The second-order valence-electron chi connectivity index (χ2n) is 22.9. The minimum atomic E-state index is -4.64. The molecular weight excluding hydrogens is 1220 g/mol. The van der Waals surface area contributed by atoms with E-state index < -0.39 is 29.0 Å². The monoisotopic (exact) mass is 1310 g/mol. The molecule has 0 radical (unpaired) electrons. The van der Waals surface area contributed by atoms with Gasteiger partial charge in [0.2, 0.25) is 6.29 Å². The Morgan fingerprint density at radius 3 is 1.23 bits per heavy atom. The zero-order chi connectivity index (χ0) is 66.4. The number of nitrogens with zero attached hydrogens (tertiary/aromatic N) is 3. The molecule has 1 amide bonds. The molecule has 0 aliphatic carbocycles. The van der Waals surface area contributed by atoms with Gasteiger partial charge in [-0.25, -0.2) is 9.59 Å². The zero-order valence-corrected chi connectivity index (χ0v) is 56.0. The molecule has 6 atom stereocenters. The number of alkyl halides is 5. The van der Waals surface area contributed by atoms with Crippen molar-refractivity contribution in [1.82, 2.24) is 20.0 Å². The van der Waals surface area contributed by atoms with Gasteiger partial charge < -0.3 is 19.7 Å². The largest absolute Gasteiger partial charge is 0.446 e. The van der Waals surface area contributed by atoms with Gasteiger partial charge in [0.1, 0.15) is 5.78 Å². The van der Waals surface area contributed by atoms with Crippen LogP contribution in [0.2, 0.25) is 0 Å². The molecule has 0 saturated carbocycles. The summed E-state index contributed by atoms with van der Waals surface area (Å²) in [6.07, 6.45) is 6.02. The molecule has 490 valence electrons. The van der Waals surface area contributed by atoms with Gasteiger partial charge in [0.15, 0.2) is 11.1 Å². The van der Waals surface area contributed by atoms with Crippen molar-refractivity contribution < 1.29 is 41.8 Å². The molecule has 4 fully saturated rings. The van der Waals surface area contributed by atoms with Crippen LogP contribution in [0, 0.1) is 23.7 Å². The van der Waals surface area contributed by atoms with Crippen LogP contribution in [0.15, 0.2) is 199 Å². The molecule has 0 spiro atoms. The summed E-state index contributed by atoms with van der Waals surface area (Å²) in [4.78, 5) is 48.3. The number of benzene rings is 6. The highest BCUT2D eigenvalue weighted by Gasteiger charge is 2.27. The molecule has 4 heterocycles. The fourth-order valence-corrected chi connectivity index (χ4v) is 10.7. The Hall–Kier alpha value is -6.84. The fourth-order valence-electron chi connectivity index (χ4n) is 10.3. The number of hydrogen-bond acceptors (Lipinski definition) is 9. The van der Waals surface area contributed by atoms with Gasteiger partial charge in [-0.3, -0.25) is 19.4 Å². The summed E-state index contributed by atoms with van der Waals surface area (Å²) in [5.41, 5.74) is 10.5. The summed E-state index contributed by atoms with van der Waals surface area (Å²) < 4.78 is 40.4. The lowest BCUT2D eigenvalue weighted by Gasteiger charge is -2.33. The first-order valence-corrected chi connectivity index (χ1v) is 32.6. The number of likely N-dealkylation sites (tertiary alicyclic amines) is 3. The molecule has 0 bridgehead atoms. The number of aryl methyl sites for hydroxylation is 1. The quantitative estimate of drug-likeness (QED) is 0.0815. The second kappa shape index (κ2) is 43.1. The van der Waals surface area contributed by atoms with Crippen LogP contribution < -0.4 is 5.32 Å². The average Bonchev–Trinajstić information content (AvgIpc) is 1.73. The van der Waals surface area contributed by atoms with E-state index in [0.29, 0.717) is 43.0 Å². The van der Waals surface area contributed by atoms with Crippen molar-refractivity contribution >= 4 is 76.6 Å². The number of ketones is 1. The van der Waals surface area contributed by atoms with Gasteiger partial charge in [-0.15, -0.1) is 0 Å². The Balaban J connectivity index is 0.000000236. The number of hydrogen-bond donors (Lipinski definition) is 1. The van der Waals surface area contributed by atoms with E-state index in [0.717, 1.165) is 65.2 Å². The smallest absolute Gasteiger partial charge is 0.434 e. The second-order valence-corrected chi connectivity index (χ2v) is 24.4. The van der Waals surface area contributed by atoms with Crippen LogP contribution >= 0.6 is 34.8 Å². The molecule has 6 unspecified atom stereocenters. The third-order valence-corrected chi connectivity index (χ3v) is 15.5. The highest BCUT2D eigenvalue weighted by molar-refractivity contribution is 6.61. The van der Waals surface area contributed by atoms with Gasteiger partial charge >= 0.3 is 17.7 Å². The molecule has 4 aliphatic rings. The summed E-state index contributed by atoms with van der Waals surface area (Å²) >= 11 is 15.6. The van der Waals surface area contributed by atoms with Crippen LogP contribution in [0.5, 0.6) is 0 Å². The minimum Gasteiger partial charge on any atom is -0.434 e. The fraction of sp³-hybridized carbons (Fsp3) is 0.387. The van der Waals surface area contributed by atoms with E-state index in [2.05, 4.69) is 217 Å². The van der Waals surface area contributed by atoms with Gasteiger partial charge in [-0.05, 0) is 97.2 Å². The standard InChI is InChI=1S/C20H23N.C16H20ClNO2.C13H17NO.C13H17N.C8H10.C3H4Cl2O2.C2HF3O/c1-17-15-21(16-19-10-6-3-7-11-19)13-12-20(17)14-18-8-4-2-5-9-18;1-12-11-18(16(19)20-13(2)17)9-8-15(12)10-14-6-4-3-5-7-14;1-11-9-14(8-7-13(11)15)10-12-5-3-2-4-6-12;1-11-10-14-8-7-13(11)9-12-5-3-2-4-6-12;1-2-8-6-4-3-5-7-8;1-2(4)7-3(5)6;3-2(4,5)1-6/h2-11,14,17H,12-13,15-16H2,1H3;3-7,10,12-13H,8-9,11H2,1-2H3;2-6,11H,7-10H2,1H3;2-6,9,11,14H,7-8,10H2,1H3;3-7H,2H2,1H3;2H,1H3;1H/b20-14+;15-10+;;13-9+;;;. The van der Waals surface area contributed by atoms with Gasteiger partial charge in [0.25, 0.3) is 0 Å². The zero-order valence-electron chi connectivity index (χ0n) is 53.8. The first-order valence-electron chi connectivity index (χ1n) is 31.3. The number of halogens is 6. The van der Waals surface area contributed by atoms with Crippen LogP contribution in [0.4, 0.5) is 22.8 Å². The molecule has 10 nitrogen and oxygen atoms in total. The molecule has 0 aromatic heterocycles. The van der Waals surface area contributed by atoms with E-state index in [1.165, 1.54) is 58.7 Å². The van der Waals surface area contributed by atoms with Crippen molar-refractivity contribution in [2.24, 2.45) is 23.7 Å². The Morgan fingerprint density at radius 1 is 0.538 bits per heavy atom. The number of piperidine rings is 4. The predicted molar refractivity (Wildman–Crippen MR) is 369 cm³/mol. The first-order chi connectivity index (χ1) is 43.6. The van der Waals surface area contributed by atoms with E-state index in [1.807, 2.05) is 37.3 Å². The molecule has 6 aromatic rings. The highest BCUT2D eigenvalue weighted by atomic mass is 35.5. The van der Waals surface area contributed by atoms with E-state index >= 15 is 0 Å². The van der Waals surface area contributed by atoms with Crippen LogP contribution in [-0.2, 0) is 38.6 Å². The van der Waals surface area contributed by atoms with Crippen LogP contribution in [0.3, 0.4) is 0 Å². The predicted octanol–water partition coefficient (Wildman–Crippen LogP) is 18.5. The number of ether oxygens (including phenoxy) is 2. The number of amides is 1. The van der Waals surface area contributed by atoms with Crippen LogP contribution in [-0.4, -0.2) is 108 Å². The lowest BCUT2D eigenvalue weighted by Crippen LogP contribution is -2.41. The summed E-state index contributed by atoms with van der Waals surface area (Å²) in [7, 11) is 0. The Morgan fingerprint density at radius 2 is 0.901 bits per heavy atom. The van der Waals surface area contributed by atoms with Crippen LogP contribution in [0.1, 0.15) is 108 Å². The summed E-state index contributed by atoms with van der Waals surface area (Å²) in [6.45, 7) is 23.9. The normalized spacial score (nSPS) is 20.2. The summed E-state index contributed by atoms with van der Waals surface area (Å²) in [5, 5.41) is 3.41. The van der Waals surface area contributed by atoms with Crippen LogP contribution in [0.25, 0.3) is 18.2 Å². The van der Waals surface area contributed by atoms with Gasteiger partial charge in [-0.1, -0.05) is 275 Å². The third-order valence-electron chi connectivity index (χ3n) is 15.2. The SMILES string of the molecule is CC(Cl)OC(=O)Cl.CC(Cl)OC(=O)N1CC/C(=C\c2ccccc2)C(C)C1.CC1CN(Cc2ccccc2)CC/C1=C\c1ccccc1.CC1CN(Cc2ccccc2)CCC1=O.CC1CNCC/C1=C\c1ccccc1.CCc1ccccc1.O=CC(F)(F)F. The molecule has 10 rings (SSSR count). The topological polar surface area (TPSA) is 108 Å². The van der Waals surface area contributed by atoms with E-state index in [1.54, 1.807) is 23.0 Å². The Labute approximate surface area is 554 Å². The number of Topliss-reactive ketones (excluding diaryl/α,β-unsaturated/α-hetero) is 1. The van der Waals surface area contributed by atoms with Crippen molar-refractivity contribution in [3.63, 3.8) is 0 Å². The van der Waals surface area contributed by atoms with Gasteiger partial charge in [-0.2, -0.15) is 13.2 Å². The maximum atomic E-state index is 11.8. The van der Waals surface area contributed by atoms with Gasteiger partial charge in [0.05, 0.1) is 0 Å². The lowest BCUT2D eigenvalue weighted by molar-refractivity contribution is -0.156. The van der Waals surface area contributed by atoms with E-state index in [4.69, 9.17) is 44.3 Å². The maximum absolute atomic E-state index is 11.8. The number of carbonyl (C=O) groups excluding carboxylic acids is 4. The molecule has 4 saturated heterocycles. The van der Waals surface area contributed by atoms with Crippen molar-refractivity contribution in [2.75, 3.05) is 52.4 Å². The van der Waals surface area contributed by atoms with Crippen molar-refractivity contribution in [3.05, 3.63) is 232 Å². The van der Waals surface area contributed by atoms with Gasteiger partial charge in [0, 0.05) is 82.8 Å². The third kappa shape index (κ3) is 33.3. The molecular formula is C75H92Cl3F3N4O6. The number of rotatable bonds is 10.